The highest BCUT2D eigenvalue weighted by Gasteiger charge is 2.39. The van der Waals surface area contributed by atoms with Gasteiger partial charge in [0.1, 0.15) is 0 Å². The van der Waals surface area contributed by atoms with Gasteiger partial charge < -0.3 is 5.32 Å². The van der Waals surface area contributed by atoms with Gasteiger partial charge in [-0.05, 0) is 46.4 Å². The number of nitro benzene ring substituents is 1. The number of nitrogens with one attached hydrogen (secondary N) is 1. The molecule has 1 aliphatic heterocycles. The third kappa shape index (κ3) is 3.40. The Hall–Kier alpha value is -3.73. The quantitative estimate of drug-likeness (QED) is 0.390. The molecule has 3 aromatic carbocycles. The fourth-order valence-corrected chi connectivity index (χ4v) is 5.01. The Morgan fingerprint density at radius 2 is 1.78 bits per heavy atom. The molecule has 0 saturated carbocycles. The molecule has 5 rings (SSSR count). The molecule has 160 valence electrons. The summed E-state index contributed by atoms with van der Waals surface area (Å²) >= 11 is 0. The summed E-state index contributed by atoms with van der Waals surface area (Å²) in [5.41, 5.74) is 4.26. The van der Waals surface area contributed by atoms with Crippen molar-refractivity contribution in [2.75, 3.05) is 5.32 Å². The van der Waals surface area contributed by atoms with Crippen LogP contribution in [0.15, 0.2) is 72.3 Å². The molecule has 0 spiro atoms. The molecule has 0 fully saturated rings. The van der Waals surface area contributed by atoms with Crippen molar-refractivity contribution in [2.24, 2.45) is 5.41 Å². The maximum absolute atomic E-state index is 13.4. The van der Waals surface area contributed by atoms with Gasteiger partial charge >= 0.3 is 0 Å². The van der Waals surface area contributed by atoms with Crippen molar-refractivity contribution in [3.05, 3.63) is 93.6 Å². The Morgan fingerprint density at radius 1 is 1.03 bits per heavy atom. The minimum absolute atomic E-state index is 0.0696. The molecule has 5 nitrogen and oxygen atoms in total. The molecule has 0 radical (unpaired) electrons. The molecule has 5 heteroatoms. The summed E-state index contributed by atoms with van der Waals surface area (Å²) in [5, 5.41) is 17.2. The lowest BCUT2D eigenvalue weighted by molar-refractivity contribution is -0.385. The first-order chi connectivity index (χ1) is 15.3. The predicted octanol–water partition coefficient (Wildman–Crippen LogP) is 6.40. The van der Waals surface area contributed by atoms with Crippen LogP contribution < -0.4 is 5.32 Å². The van der Waals surface area contributed by atoms with Gasteiger partial charge in [0.05, 0.1) is 16.5 Å². The molecule has 1 aliphatic carbocycles. The Morgan fingerprint density at radius 3 is 2.59 bits per heavy atom. The number of rotatable bonds is 3. The lowest BCUT2D eigenvalue weighted by Crippen LogP contribution is -2.35. The SMILES string of the molecule is CC1(C)CC(=O)C2=C(C1)C(C=Cc1ccccc1[N+](=O)[O-])Nc1ccc3ccccc3c12. The van der Waals surface area contributed by atoms with Crippen LogP contribution >= 0.6 is 0 Å². The molecule has 1 atom stereocenters. The summed E-state index contributed by atoms with van der Waals surface area (Å²) < 4.78 is 0. The average Bonchev–Trinajstić information content (AvgIpc) is 2.76. The first kappa shape index (κ1) is 20.2. The van der Waals surface area contributed by atoms with E-state index in [9.17, 15) is 14.9 Å². The van der Waals surface area contributed by atoms with Crippen LogP contribution in [0.25, 0.3) is 22.4 Å². The van der Waals surface area contributed by atoms with Gasteiger partial charge in [0.25, 0.3) is 5.69 Å². The van der Waals surface area contributed by atoms with Gasteiger partial charge in [-0.1, -0.05) is 62.4 Å². The fourth-order valence-electron chi connectivity index (χ4n) is 5.01. The lowest BCUT2D eigenvalue weighted by atomic mass is 9.68. The first-order valence-corrected chi connectivity index (χ1v) is 10.8. The molecule has 1 heterocycles. The van der Waals surface area contributed by atoms with Crippen molar-refractivity contribution in [3.8, 4) is 0 Å². The van der Waals surface area contributed by atoms with Gasteiger partial charge in [0.2, 0.25) is 0 Å². The third-order valence-corrected chi connectivity index (χ3v) is 6.38. The van der Waals surface area contributed by atoms with Crippen LogP contribution in [0.4, 0.5) is 11.4 Å². The van der Waals surface area contributed by atoms with E-state index in [4.69, 9.17) is 0 Å². The highest BCUT2D eigenvalue weighted by Crippen LogP contribution is 2.48. The molecule has 1 unspecified atom stereocenters. The van der Waals surface area contributed by atoms with Crippen molar-refractivity contribution in [1.82, 2.24) is 0 Å². The Kier molecular flexibility index (Phi) is 4.70. The highest BCUT2D eigenvalue weighted by atomic mass is 16.6. The number of hydrogen-bond donors (Lipinski definition) is 1. The van der Waals surface area contributed by atoms with Gasteiger partial charge in [0.15, 0.2) is 5.78 Å². The van der Waals surface area contributed by atoms with Gasteiger partial charge in [-0.2, -0.15) is 0 Å². The van der Waals surface area contributed by atoms with Crippen LogP contribution in [0.1, 0.15) is 37.8 Å². The normalized spacial score (nSPS) is 19.6. The zero-order valence-corrected chi connectivity index (χ0v) is 18.1. The topological polar surface area (TPSA) is 72.2 Å². The maximum atomic E-state index is 13.4. The van der Waals surface area contributed by atoms with E-state index >= 15 is 0 Å². The van der Waals surface area contributed by atoms with Gasteiger partial charge in [-0.15, -0.1) is 0 Å². The summed E-state index contributed by atoms with van der Waals surface area (Å²) in [5.74, 6) is 0.166. The molecular formula is C27H24N2O3. The number of hydrogen-bond acceptors (Lipinski definition) is 4. The van der Waals surface area contributed by atoms with Crippen molar-refractivity contribution in [2.45, 2.75) is 32.7 Å². The molecular weight excluding hydrogens is 400 g/mol. The van der Waals surface area contributed by atoms with E-state index in [1.165, 1.54) is 6.07 Å². The zero-order chi connectivity index (χ0) is 22.5. The van der Waals surface area contributed by atoms with Gasteiger partial charge in [0, 0.05) is 29.3 Å². The maximum Gasteiger partial charge on any atom is 0.276 e. The van der Waals surface area contributed by atoms with E-state index in [-0.39, 0.29) is 27.9 Å². The number of nitrogens with zero attached hydrogens (tertiary/aromatic N) is 1. The monoisotopic (exact) mass is 424 g/mol. The first-order valence-electron chi connectivity index (χ1n) is 10.8. The van der Waals surface area contributed by atoms with Crippen LogP contribution in [0, 0.1) is 15.5 Å². The number of para-hydroxylation sites is 1. The van der Waals surface area contributed by atoms with E-state index in [2.05, 4.69) is 37.4 Å². The molecule has 0 aromatic heterocycles. The number of carbonyl (C=O) groups excluding carboxylic acids is 1. The van der Waals surface area contributed by atoms with Crippen LogP contribution in [-0.4, -0.2) is 16.7 Å². The summed E-state index contributed by atoms with van der Waals surface area (Å²) in [6, 6.07) is 18.7. The smallest absolute Gasteiger partial charge is 0.276 e. The number of Topliss-reactive ketones (excluding diaryl/α,β-unsaturated/α-hetero) is 1. The van der Waals surface area contributed by atoms with Gasteiger partial charge in [-0.25, -0.2) is 0 Å². The van der Waals surface area contributed by atoms with Crippen LogP contribution in [-0.2, 0) is 4.79 Å². The van der Waals surface area contributed by atoms with Crippen LogP contribution in [0.2, 0.25) is 0 Å². The van der Waals surface area contributed by atoms with Crippen molar-refractivity contribution in [3.63, 3.8) is 0 Å². The summed E-state index contributed by atoms with van der Waals surface area (Å²) in [7, 11) is 0. The van der Waals surface area contributed by atoms with E-state index in [1.54, 1.807) is 24.3 Å². The minimum Gasteiger partial charge on any atom is -0.375 e. The molecule has 3 aromatic rings. The number of benzene rings is 3. The zero-order valence-electron chi connectivity index (χ0n) is 18.1. The van der Waals surface area contributed by atoms with Crippen molar-refractivity contribution in [1.29, 1.82) is 0 Å². The molecule has 0 bridgehead atoms. The summed E-state index contributed by atoms with van der Waals surface area (Å²) in [6.07, 6.45) is 5.04. The molecule has 0 saturated heterocycles. The number of ketones is 1. The second-order valence-electron chi connectivity index (χ2n) is 9.35. The van der Waals surface area contributed by atoms with E-state index in [1.807, 2.05) is 24.3 Å². The predicted molar refractivity (Wildman–Crippen MR) is 128 cm³/mol. The number of fused-ring (bicyclic) bond motifs is 4. The van der Waals surface area contributed by atoms with E-state index < -0.39 is 0 Å². The van der Waals surface area contributed by atoms with E-state index in [0.29, 0.717) is 12.0 Å². The summed E-state index contributed by atoms with van der Waals surface area (Å²) in [6.45, 7) is 4.24. The van der Waals surface area contributed by atoms with Crippen LogP contribution in [0.5, 0.6) is 0 Å². The van der Waals surface area contributed by atoms with E-state index in [0.717, 1.165) is 39.6 Å². The van der Waals surface area contributed by atoms with Crippen LogP contribution in [0.3, 0.4) is 0 Å². The fraction of sp³-hybridized carbons (Fsp3) is 0.222. The number of carbonyl (C=O) groups is 1. The number of anilines is 1. The number of nitro groups is 1. The second kappa shape index (κ2) is 7.45. The molecule has 1 N–H and O–H groups in total. The third-order valence-electron chi connectivity index (χ3n) is 6.38. The van der Waals surface area contributed by atoms with Crippen molar-refractivity contribution >= 4 is 39.6 Å². The summed E-state index contributed by atoms with van der Waals surface area (Å²) in [4.78, 5) is 24.5. The van der Waals surface area contributed by atoms with Gasteiger partial charge in [-0.3, -0.25) is 14.9 Å². The Balaban J connectivity index is 1.67. The van der Waals surface area contributed by atoms with Crippen molar-refractivity contribution < 1.29 is 9.72 Å². The Bertz CT molecular complexity index is 1330. The molecule has 2 aliphatic rings. The Labute approximate surface area is 186 Å². The lowest BCUT2D eigenvalue weighted by Gasteiger charge is -2.39. The molecule has 0 amide bonds. The standard InChI is InChI=1S/C27H24N2O3/c1-27(2)15-20-21(13-12-18-8-4-6-10-23(18)29(31)32)28-22-14-11-17-7-3-5-9-19(17)25(22)26(20)24(30)16-27/h3-14,21,28H,15-16H2,1-2H3. The number of allylic oxidation sites excluding steroid dienone is 1. The second-order valence-corrected chi connectivity index (χ2v) is 9.35. The average molecular weight is 425 g/mol. The minimum atomic E-state index is -0.368. The molecule has 32 heavy (non-hydrogen) atoms. The highest BCUT2D eigenvalue weighted by molar-refractivity contribution is 6.28. The largest absolute Gasteiger partial charge is 0.375 e.